The van der Waals surface area contributed by atoms with Crippen LogP contribution < -0.4 is 0 Å². The Morgan fingerprint density at radius 2 is 1.09 bits per heavy atom. The largest absolute Gasteiger partial charge is 0.460 e. The second-order valence-corrected chi connectivity index (χ2v) is 27.4. The third kappa shape index (κ3) is 7.97. The molecule has 6 aromatic carbocycles. The van der Waals surface area contributed by atoms with Gasteiger partial charge in [0.15, 0.2) is 35.2 Å². The van der Waals surface area contributed by atoms with Crippen LogP contribution in [0.5, 0.6) is 0 Å². The fourth-order valence-corrected chi connectivity index (χ4v) is 17.2. The van der Waals surface area contributed by atoms with Gasteiger partial charge in [-0.1, -0.05) is 128 Å². The normalized spacial score (nSPS) is 25.7. The van der Waals surface area contributed by atoms with Gasteiger partial charge in [0.1, 0.15) is 24.7 Å². The maximum atomic E-state index is 13.6. The lowest BCUT2D eigenvalue weighted by molar-refractivity contribution is -0.200. The average Bonchev–Trinajstić information content (AvgIpc) is 1.50. The van der Waals surface area contributed by atoms with Gasteiger partial charge in [-0.15, -0.1) is 0 Å². The van der Waals surface area contributed by atoms with Crippen LogP contribution >= 0.6 is 0 Å². The van der Waals surface area contributed by atoms with Crippen molar-refractivity contribution in [3.63, 3.8) is 0 Å². The predicted molar refractivity (Wildman–Crippen MR) is 352 cm³/mol. The number of Topliss-reactive ketones (excluding diaryl/α,β-unsaturated/α-hetero) is 2. The van der Waals surface area contributed by atoms with Crippen LogP contribution in [0, 0.1) is 5.41 Å². The number of ether oxygens (including phenoxy) is 4. The molecule has 6 atom stereocenters. The number of esters is 2. The Kier molecular flexibility index (Phi) is 12.7. The number of aliphatic hydroxyl groups is 3. The van der Waals surface area contributed by atoms with Gasteiger partial charge in [0.25, 0.3) is 0 Å². The summed E-state index contributed by atoms with van der Waals surface area (Å²) in [6, 6.07) is 32.3. The molecule has 91 heavy (non-hydrogen) atoms. The monoisotopic (exact) mass is 1220 g/mol. The molecule has 4 aromatic heterocycles. The second kappa shape index (κ2) is 20.1. The van der Waals surface area contributed by atoms with E-state index in [9.17, 15) is 34.5 Å². The Hall–Kier alpha value is -8.70. The highest BCUT2D eigenvalue weighted by molar-refractivity contribution is 6.33. The molecule has 0 unspecified atom stereocenters. The zero-order valence-electron chi connectivity index (χ0n) is 52.2. The summed E-state index contributed by atoms with van der Waals surface area (Å²) in [5.74, 6) is -1.12. The minimum atomic E-state index is -1.68. The SMILES string of the molecule is CC1=C(/C=C/C(C)=C/C=C/C(C)=C\C(=O)OCC(=O)OC[C@@]2(O)C[C@H]3O[C@]2(C)n2c4ccccc4c4c5c(c6c7ccccc7n3c6c42)C(=O)CC5)C(C)(C)CCC1.C[C@]12O[C@H](C[C@]1(O)CO)n1c3ccccc3c3c4c(c5c6ccccc6n2c5c31)CCC4=O. The minimum absolute atomic E-state index is 0.107. The number of benzene rings is 6. The van der Waals surface area contributed by atoms with Crippen molar-refractivity contribution in [2.75, 3.05) is 19.8 Å². The Morgan fingerprint density at radius 1 is 0.604 bits per heavy atom. The molecule has 10 aromatic rings. The first-order valence-electron chi connectivity index (χ1n) is 31.9. The molecule has 3 N–H and O–H groups in total. The fourth-order valence-electron chi connectivity index (χ4n) is 17.2. The van der Waals surface area contributed by atoms with E-state index in [2.05, 4.69) is 75.5 Å². The number of hydrogen-bond donors (Lipinski definition) is 3. The molecule has 7 aliphatic rings. The molecule has 15 nitrogen and oxygen atoms in total. The highest BCUT2D eigenvalue weighted by Gasteiger charge is 2.63. The molecule has 8 heterocycles. The summed E-state index contributed by atoms with van der Waals surface area (Å²) < 4.78 is 33.1. The van der Waals surface area contributed by atoms with E-state index in [1.165, 1.54) is 30.1 Å². The lowest BCUT2D eigenvalue weighted by Crippen LogP contribution is -2.54. The van der Waals surface area contributed by atoms with E-state index in [0.29, 0.717) is 31.3 Å². The summed E-state index contributed by atoms with van der Waals surface area (Å²) in [4.78, 5) is 52.7. The number of allylic oxidation sites excluding steroid dienone is 9. The van der Waals surface area contributed by atoms with Crippen LogP contribution in [-0.2, 0) is 52.8 Å². The first-order chi connectivity index (χ1) is 43.7. The van der Waals surface area contributed by atoms with Gasteiger partial charge in [0, 0.05) is 86.0 Å². The number of carbonyl (C=O) groups excluding carboxylic acids is 4. The first-order valence-corrected chi connectivity index (χ1v) is 31.9. The highest BCUT2D eigenvalue weighted by Crippen LogP contribution is 2.60. The molecule has 2 saturated heterocycles. The maximum absolute atomic E-state index is 13.6. The standard InChI is InChI=1S/C49H50N2O7.C27H22N2O4/c1-29(20-22-35-31(3)15-12-24-47(35,4)5)13-11-14-30(2)25-40(53)56-27-41(54)57-28-49(55)26-39-50-36-18-9-7-16-32(36)44-43-34(21-23-38(43)52)42-33-17-8-10-19-37(33)51(46(42)45(44)50)48(49,6)58-39;1-26-27(32,13-30)12-20(33-26)28-17-8-4-2-6-14(17)23-22-16(10-11-19(22)31)21-15-7-3-5-9-18(15)29(26)25(21)24(23)28/h7-11,13-14,16-20,22,25,39,55H,12,15,21,23-24,26-28H2,1-6H3;2-9,20,30,32H,10-13H2,1H3/b14-11+,22-20+,29-13+,30-25-;/t39-,48+,49+;20-,26+,27+/m11/s1. The lowest BCUT2D eigenvalue weighted by Gasteiger charge is -2.39. The van der Waals surface area contributed by atoms with Gasteiger partial charge < -0.3 is 52.5 Å². The number of para-hydroxylation sites is 4. The van der Waals surface area contributed by atoms with Crippen molar-refractivity contribution in [1.29, 1.82) is 0 Å². The average molecular weight is 1220 g/mol. The van der Waals surface area contributed by atoms with E-state index in [0.717, 1.165) is 121 Å². The molecular weight excluding hydrogens is 1140 g/mol. The zero-order valence-corrected chi connectivity index (χ0v) is 52.2. The van der Waals surface area contributed by atoms with E-state index in [1.54, 1.807) is 6.92 Å². The Labute approximate surface area is 524 Å². The van der Waals surface area contributed by atoms with E-state index >= 15 is 0 Å². The molecule has 17 rings (SSSR count). The quantitative estimate of drug-likeness (QED) is 0.0672. The summed E-state index contributed by atoms with van der Waals surface area (Å²) in [5, 5.41) is 42.8. The smallest absolute Gasteiger partial charge is 0.344 e. The number of ketones is 2. The third-order valence-corrected chi connectivity index (χ3v) is 21.6. The molecule has 4 aliphatic heterocycles. The lowest BCUT2D eigenvalue weighted by atomic mass is 9.72. The van der Waals surface area contributed by atoms with Crippen LogP contribution in [0.4, 0.5) is 0 Å². The van der Waals surface area contributed by atoms with E-state index in [-0.39, 0.29) is 29.8 Å². The summed E-state index contributed by atoms with van der Waals surface area (Å²) in [5.41, 5.74) is 10.3. The van der Waals surface area contributed by atoms with Gasteiger partial charge in [-0.25, -0.2) is 9.59 Å². The number of aryl methyl sites for hydroxylation is 2. The summed E-state index contributed by atoms with van der Waals surface area (Å²) in [7, 11) is 0. The van der Waals surface area contributed by atoms with Crippen molar-refractivity contribution < 1.29 is 53.4 Å². The van der Waals surface area contributed by atoms with Gasteiger partial charge in [0.05, 0.1) is 50.7 Å². The Bertz CT molecular complexity index is 5110. The van der Waals surface area contributed by atoms with Gasteiger partial charge >= 0.3 is 11.9 Å². The van der Waals surface area contributed by atoms with Gasteiger partial charge in [-0.05, 0) is 119 Å². The molecule has 0 spiro atoms. The third-order valence-electron chi connectivity index (χ3n) is 21.6. The van der Waals surface area contributed by atoms with E-state index < -0.39 is 66.9 Å². The number of fused-ring (bicyclic) bond motifs is 26. The fraction of sp³-hybridized carbons (Fsp3) is 0.342. The number of rotatable bonds is 10. The number of nitrogens with zero attached hydrogens (tertiary/aromatic N) is 4. The molecule has 4 bridgehead atoms. The number of aromatic nitrogens is 4. The van der Waals surface area contributed by atoms with Gasteiger partial charge in [-0.3, -0.25) is 9.59 Å². The predicted octanol–water partition coefficient (Wildman–Crippen LogP) is 14.3. The molecule has 3 aliphatic carbocycles. The van der Waals surface area contributed by atoms with Crippen LogP contribution in [0.15, 0.2) is 156 Å². The molecule has 0 radical (unpaired) electrons. The van der Waals surface area contributed by atoms with Gasteiger partial charge in [0.2, 0.25) is 0 Å². The molecular formula is C76H72N4O11. The second-order valence-electron chi connectivity index (χ2n) is 27.4. The van der Waals surface area contributed by atoms with Crippen molar-refractivity contribution >= 4 is 111 Å². The minimum Gasteiger partial charge on any atom is -0.460 e. The Balaban J connectivity index is 0.000000168. The van der Waals surface area contributed by atoms with Crippen molar-refractivity contribution in [2.45, 2.75) is 141 Å². The van der Waals surface area contributed by atoms with Crippen LogP contribution in [0.1, 0.15) is 138 Å². The van der Waals surface area contributed by atoms with Gasteiger partial charge in [-0.2, -0.15) is 0 Å². The molecule has 462 valence electrons. The van der Waals surface area contributed by atoms with Crippen molar-refractivity contribution in [2.24, 2.45) is 5.41 Å². The molecule has 0 amide bonds. The van der Waals surface area contributed by atoms with Crippen LogP contribution in [0.25, 0.3) is 87.2 Å². The zero-order chi connectivity index (χ0) is 63.0. The summed E-state index contributed by atoms with van der Waals surface area (Å²) >= 11 is 0. The first kappa shape index (κ1) is 57.5. The summed E-state index contributed by atoms with van der Waals surface area (Å²) in [6.07, 6.45) is 16.5. The van der Waals surface area contributed by atoms with E-state index in [1.807, 2.05) is 112 Å². The van der Waals surface area contributed by atoms with Crippen LogP contribution in [-0.4, -0.2) is 88.1 Å². The highest BCUT2D eigenvalue weighted by atomic mass is 16.6. The number of hydrogen-bond acceptors (Lipinski definition) is 11. The van der Waals surface area contributed by atoms with E-state index in [4.69, 9.17) is 18.9 Å². The molecule has 0 saturated carbocycles. The number of aliphatic hydroxyl groups excluding tert-OH is 1. The Morgan fingerprint density at radius 3 is 1.60 bits per heavy atom. The molecule has 2 fully saturated rings. The summed E-state index contributed by atoms with van der Waals surface area (Å²) in [6.45, 7) is 13.0. The van der Waals surface area contributed by atoms with Crippen LogP contribution in [0.3, 0.4) is 0 Å². The van der Waals surface area contributed by atoms with Crippen LogP contribution in [0.2, 0.25) is 0 Å². The van der Waals surface area contributed by atoms with Crippen molar-refractivity contribution in [3.8, 4) is 0 Å². The maximum Gasteiger partial charge on any atom is 0.344 e. The molecule has 15 heteroatoms. The topological polar surface area (TPSA) is 186 Å². The van der Waals surface area contributed by atoms with Crippen molar-refractivity contribution in [1.82, 2.24) is 18.3 Å². The number of carbonyl (C=O) groups is 4. The van der Waals surface area contributed by atoms with Crippen molar-refractivity contribution in [3.05, 3.63) is 178 Å².